The van der Waals surface area contributed by atoms with E-state index < -0.39 is 8.03 Å². The van der Waals surface area contributed by atoms with Crippen LogP contribution in [0.5, 0.6) is 0 Å². The third-order valence-corrected chi connectivity index (χ3v) is 3.19. The Morgan fingerprint density at radius 1 is 1.42 bits per heavy atom. The van der Waals surface area contributed by atoms with Gasteiger partial charge in [-0.2, -0.15) is 0 Å². The Morgan fingerprint density at radius 2 is 2.08 bits per heavy atom. The minimum atomic E-state index is -2.00. The molecule has 3 heteroatoms. The predicted molar refractivity (Wildman–Crippen MR) is 51.4 cm³/mol. The van der Waals surface area contributed by atoms with E-state index in [1.165, 1.54) is 0 Å². The van der Waals surface area contributed by atoms with Crippen molar-refractivity contribution >= 4 is 13.3 Å². The minimum absolute atomic E-state index is 0.506. The predicted octanol–water partition coefficient (Wildman–Crippen LogP) is 2.13. The first-order chi connectivity index (χ1) is 5.75. The van der Waals surface area contributed by atoms with Gasteiger partial charge in [0.2, 0.25) is 8.03 Å². The summed E-state index contributed by atoms with van der Waals surface area (Å²) in [6, 6.07) is 7.60. The largest absolute Gasteiger partial charge is 0.328 e. The highest BCUT2D eigenvalue weighted by atomic mass is 31.1. The lowest BCUT2D eigenvalue weighted by Crippen LogP contribution is -2.02. The maximum absolute atomic E-state index is 11.4. The maximum atomic E-state index is 11.4. The van der Waals surface area contributed by atoms with Gasteiger partial charge in [-0.25, -0.2) is 0 Å². The summed E-state index contributed by atoms with van der Waals surface area (Å²) in [6.07, 6.45) is 0. The molecule has 0 aliphatic rings. The van der Waals surface area contributed by atoms with Crippen LogP contribution in [0.1, 0.15) is 12.5 Å². The lowest BCUT2D eigenvalue weighted by atomic mass is 10.2. The highest BCUT2D eigenvalue weighted by molar-refractivity contribution is 7.48. The number of rotatable bonds is 3. The summed E-state index contributed by atoms with van der Waals surface area (Å²) < 4.78 is 16.5. The fraction of sp³-hybridized carbons (Fsp3) is 0.333. The highest BCUT2D eigenvalue weighted by Gasteiger charge is 2.04. The van der Waals surface area contributed by atoms with E-state index >= 15 is 0 Å². The van der Waals surface area contributed by atoms with Gasteiger partial charge in [0, 0.05) is 5.30 Å². The topological polar surface area (TPSA) is 26.3 Å². The van der Waals surface area contributed by atoms with E-state index in [-0.39, 0.29) is 0 Å². The Balaban J connectivity index is 2.87. The molecular weight excluding hydrogens is 171 g/mol. The fourth-order valence-corrected chi connectivity index (χ4v) is 2.07. The maximum Gasteiger partial charge on any atom is 0.220 e. The first-order valence-electron chi connectivity index (χ1n) is 3.98. The van der Waals surface area contributed by atoms with Gasteiger partial charge in [-0.05, 0) is 25.5 Å². The van der Waals surface area contributed by atoms with Crippen molar-refractivity contribution in [2.45, 2.75) is 13.8 Å². The molecule has 0 aliphatic heterocycles. The Kier molecular flexibility index (Phi) is 3.51. The SMILES string of the molecule is CCO[PH](=O)c1ccccc1C. The van der Waals surface area contributed by atoms with Gasteiger partial charge < -0.3 is 4.52 Å². The average molecular weight is 184 g/mol. The summed E-state index contributed by atoms with van der Waals surface area (Å²) in [5, 5.41) is 0.837. The number of aryl methyl sites for hydroxylation is 1. The van der Waals surface area contributed by atoms with E-state index in [1.807, 2.05) is 38.1 Å². The molecule has 0 aliphatic carbocycles. The van der Waals surface area contributed by atoms with Crippen molar-refractivity contribution in [3.8, 4) is 0 Å². The van der Waals surface area contributed by atoms with Crippen molar-refractivity contribution in [1.29, 1.82) is 0 Å². The molecule has 0 heterocycles. The first kappa shape index (κ1) is 9.50. The van der Waals surface area contributed by atoms with Crippen LogP contribution in [0.3, 0.4) is 0 Å². The van der Waals surface area contributed by atoms with Crippen molar-refractivity contribution in [3.63, 3.8) is 0 Å². The van der Waals surface area contributed by atoms with E-state index in [9.17, 15) is 4.57 Å². The second kappa shape index (κ2) is 4.44. The number of hydrogen-bond acceptors (Lipinski definition) is 2. The van der Waals surface area contributed by atoms with Gasteiger partial charge in [0.25, 0.3) is 0 Å². The normalized spacial score (nSPS) is 12.8. The van der Waals surface area contributed by atoms with Crippen molar-refractivity contribution < 1.29 is 9.09 Å². The van der Waals surface area contributed by atoms with Crippen LogP contribution in [0.15, 0.2) is 24.3 Å². The third-order valence-electron chi connectivity index (χ3n) is 1.64. The molecule has 1 unspecified atom stereocenters. The zero-order valence-corrected chi connectivity index (χ0v) is 8.33. The Hall–Kier alpha value is -0.590. The van der Waals surface area contributed by atoms with E-state index in [1.54, 1.807) is 0 Å². The van der Waals surface area contributed by atoms with Gasteiger partial charge in [0.05, 0.1) is 6.61 Å². The standard InChI is InChI=1S/C9H13O2P/c1-3-11-12(10)9-7-5-4-6-8(9)2/h4-7,12H,3H2,1-2H3. The average Bonchev–Trinajstić information content (AvgIpc) is 2.05. The van der Waals surface area contributed by atoms with Gasteiger partial charge in [-0.15, -0.1) is 0 Å². The van der Waals surface area contributed by atoms with E-state index in [4.69, 9.17) is 4.52 Å². The zero-order valence-electron chi connectivity index (χ0n) is 7.33. The van der Waals surface area contributed by atoms with Gasteiger partial charge in [-0.3, -0.25) is 4.57 Å². The summed E-state index contributed by atoms with van der Waals surface area (Å²) in [7, 11) is -2.00. The summed E-state index contributed by atoms with van der Waals surface area (Å²) in [4.78, 5) is 0. The summed E-state index contributed by atoms with van der Waals surface area (Å²) in [5.74, 6) is 0. The van der Waals surface area contributed by atoms with Crippen molar-refractivity contribution in [1.82, 2.24) is 0 Å². The molecule has 1 atom stereocenters. The fourth-order valence-electron chi connectivity index (χ4n) is 1.01. The Labute approximate surface area is 73.4 Å². The monoisotopic (exact) mass is 184 g/mol. The number of benzene rings is 1. The summed E-state index contributed by atoms with van der Waals surface area (Å²) in [5.41, 5.74) is 1.04. The molecule has 0 saturated heterocycles. The second-order valence-electron chi connectivity index (χ2n) is 2.54. The molecule has 0 bridgehead atoms. The molecular formula is C9H13O2P. The van der Waals surface area contributed by atoms with Crippen LogP contribution in [0.4, 0.5) is 0 Å². The molecule has 0 saturated carbocycles. The molecule has 0 radical (unpaired) electrons. The molecule has 0 amide bonds. The summed E-state index contributed by atoms with van der Waals surface area (Å²) >= 11 is 0. The second-order valence-corrected chi connectivity index (χ2v) is 3.94. The highest BCUT2D eigenvalue weighted by Crippen LogP contribution is 2.22. The van der Waals surface area contributed by atoms with E-state index in [2.05, 4.69) is 0 Å². The lowest BCUT2D eigenvalue weighted by molar-refractivity contribution is 0.357. The zero-order chi connectivity index (χ0) is 8.97. The molecule has 1 aromatic carbocycles. The number of hydrogen-bond donors (Lipinski definition) is 0. The molecule has 66 valence electrons. The lowest BCUT2D eigenvalue weighted by Gasteiger charge is -2.04. The molecule has 1 rings (SSSR count). The van der Waals surface area contributed by atoms with Crippen LogP contribution in [0.25, 0.3) is 0 Å². The molecule has 0 N–H and O–H groups in total. The van der Waals surface area contributed by atoms with E-state index in [0.29, 0.717) is 6.61 Å². The van der Waals surface area contributed by atoms with Gasteiger partial charge >= 0.3 is 0 Å². The smallest absolute Gasteiger partial charge is 0.220 e. The van der Waals surface area contributed by atoms with Gasteiger partial charge in [-0.1, -0.05) is 18.2 Å². The first-order valence-corrected chi connectivity index (χ1v) is 5.30. The molecule has 12 heavy (non-hydrogen) atoms. The van der Waals surface area contributed by atoms with Crippen molar-refractivity contribution in [2.75, 3.05) is 6.61 Å². The van der Waals surface area contributed by atoms with Crippen LogP contribution >= 0.6 is 8.03 Å². The quantitative estimate of drug-likeness (QED) is 0.672. The van der Waals surface area contributed by atoms with Crippen molar-refractivity contribution in [2.24, 2.45) is 0 Å². The van der Waals surface area contributed by atoms with Crippen molar-refractivity contribution in [3.05, 3.63) is 29.8 Å². The molecule has 0 spiro atoms. The van der Waals surface area contributed by atoms with E-state index in [0.717, 1.165) is 10.9 Å². The molecule has 0 fully saturated rings. The Bertz CT molecular complexity index is 284. The van der Waals surface area contributed by atoms with Crippen LogP contribution in [-0.2, 0) is 9.09 Å². The van der Waals surface area contributed by atoms with Gasteiger partial charge in [0.1, 0.15) is 0 Å². The van der Waals surface area contributed by atoms with Crippen LogP contribution in [-0.4, -0.2) is 6.61 Å². The molecule has 0 aromatic heterocycles. The van der Waals surface area contributed by atoms with Gasteiger partial charge in [0.15, 0.2) is 0 Å². The third kappa shape index (κ3) is 2.20. The van der Waals surface area contributed by atoms with Crippen LogP contribution in [0, 0.1) is 6.92 Å². The molecule has 1 aromatic rings. The Morgan fingerprint density at radius 3 is 2.67 bits per heavy atom. The van der Waals surface area contributed by atoms with Crippen LogP contribution in [0.2, 0.25) is 0 Å². The molecule has 2 nitrogen and oxygen atoms in total. The van der Waals surface area contributed by atoms with Crippen LogP contribution < -0.4 is 5.30 Å². The summed E-state index contributed by atoms with van der Waals surface area (Å²) in [6.45, 7) is 4.30. The minimum Gasteiger partial charge on any atom is -0.328 e.